The van der Waals surface area contributed by atoms with Gasteiger partial charge in [0.25, 0.3) is 5.91 Å². The van der Waals surface area contributed by atoms with Crippen LogP contribution in [0.15, 0.2) is 16.3 Å². The second-order valence-corrected chi connectivity index (χ2v) is 2.38. The number of hydrogen-bond donors (Lipinski definition) is 2. The van der Waals surface area contributed by atoms with Crippen molar-refractivity contribution >= 4 is 18.0 Å². The van der Waals surface area contributed by atoms with E-state index in [-0.39, 0.29) is 23.6 Å². The second kappa shape index (κ2) is 3.17. The lowest BCUT2D eigenvalue weighted by Crippen LogP contribution is -2.38. The minimum atomic E-state index is -0.477. The Hall–Kier alpha value is -1.65. The van der Waals surface area contributed by atoms with Gasteiger partial charge in [0.1, 0.15) is 0 Å². The molecular weight excluding hydrogens is 158 g/mol. The number of aliphatic imine (C=N–C) groups is 1. The van der Waals surface area contributed by atoms with Gasteiger partial charge in [-0.25, -0.2) is 0 Å². The molecule has 1 heterocycles. The summed E-state index contributed by atoms with van der Waals surface area (Å²) in [7, 11) is 1.53. The summed E-state index contributed by atoms with van der Waals surface area (Å²) >= 11 is 0. The summed E-state index contributed by atoms with van der Waals surface area (Å²) in [5.74, 6) is -0.847. The van der Waals surface area contributed by atoms with Crippen LogP contribution in [-0.2, 0) is 9.59 Å². The van der Waals surface area contributed by atoms with Crippen LogP contribution in [-0.4, -0.2) is 25.1 Å². The summed E-state index contributed by atoms with van der Waals surface area (Å²) in [5.41, 5.74) is 6.00. The number of imide groups is 1. The van der Waals surface area contributed by atoms with Gasteiger partial charge in [-0.3, -0.25) is 19.9 Å². The molecule has 5 heteroatoms. The van der Waals surface area contributed by atoms with Crippen LogP contribution >= 0.6 is 0 Å². The largest absolute Gasteiger partial charge is 0.401 e. The highest BCUT2D eigenvalue weighted by Crippen LogP contribution is 2.06. The summed E-state index contributed by atoms with van der Waals surface area (Å²) < 4.78 is 0. The molecule has 0 aromatic rings. The molecule has 0 unspecified atom stereocenters. The molecule has 0 aromatic carbocycles. The Labute approximate surface area is 69.3 Å². The third-order valence-electron chi connectivity index (χ3n) is 1.45. The molecule has 3 N–H and O–H groups in total. The maximum Gasteiger partial charge on any atom is 0.261 e. The maximum atomic E-state index is 11.0. The van der Waals surface area contributed by atoms with Crippen LogP contribution in [0.3, 0.4) is 0 Å². The molecule has 0 aliphatic carbocycles. The first kappa shape index (κ1) is 8.45. The van der Waals surface area contributed by atoms with Gasteiger partial charge in [0.15, 0.2) is 0 Å². The van der Waals surface area contributed by atoms with Crippen molar-refractivity contribution in [3.8, 4) is 0 Å². The molecule has 1 aliphatic rings. The molecule has 12 heavy (non-hydrogen) atoms. The fourth-order valence-electron chi connectivity index (χ4n) is 0.923. The normalized spacial score (nSPS) is 18.8. The molecule has 0 saturated heterocycles. The summed E-state index contributed by atoms with van der Waals surface area (Å²) in [6.45, 7) is 0. The average Bonchev–Trinajstić information content (AvgIpc) is 1.96. The minimum Gasteiger partial charge on any atom is -0.401 e. The molecule has 0 atom stereocenters. The van der Waals surface area contributed by atoms with E-state index >= 15 is 0 Å². The van der Waals surface area contributed by atoms with Gasteiger partial charge in [0.2, 0.25) is 5.91 Å². The summed E-state index contributed by atoms with van der Waals surface area (Å²) in [6, 6.07) is 0. The van der Waals surface area contributed by atoms with Gasteiger partial charge in [-0.2, -0.15) is 0 Å². The van der Waals surface area contributed by atoms with Gasteiger partial charge in [0, 0.05) is 19.0 Å². The highest BCUT2D eigenvalue weighted by atomic mass is 16.2. The number of amides is 2. The summed E-state index contributed by atoms with van der Waals surface area (Å²) in [6.07, 6.45) is 1.41. The number of nitrogens with two attached hydrogens (primary N) is 1. The lowest BCUT2D eigenvalue weighted by atomic mass is 10.1. The molecule has 64 valence electrons. The third kappa shape index (κ3) is 1.50. The molecule has 0 spiro atoms. The Morgan fingerprint density at radius 3 is 2.75 bits per heavy atom. The number of nitrogens with zero attached hydrogens (tertiary/aromatic N) is 1. The first-order valence-corrected chi connectivity index (χ1v) is 3.40. The van der Waals surface area contributed by atoms with Crippen LogP contribution in [0.25, 0.3) is 0 Å². The Kier molecular flexibility index (Phi) is 2.23. The SMILES string of the molecule is CN=CC1=C(N)CC(=O)NC1=O. The first-order valence-electron chi connectivity index (χ1n) is 3.40. The predicted molar refractivity (Wildman–Crippen MR) is 43.4 cm³/mol. The Balaban J connectivity index is 3.01. The topological polar surface area (TPSA) is 84.5 Å². The lowest BCUT2D eigenvalue weighted by Gasteiger charge is -2.12. The number of carbonyl (C=O) groups is 2. The quantitative estimate of drug-likeness (QED) is 0.386. The fraction of sp³-hybridized carbons (Fsp3) is 0.286. The molecule has 0 bridgehead atoms. The van der Waals surface area contributed by atoms with Crippen molar-refractivity contribution in [2.45, 2.75) is 6.42 Å². The highest BCUT2D eigenvalue weighted by Gasteiger charge is 2.21. The van der Waals surface area contributed by atoms with Crippen molar-refractivity contribution in [3.05, 3.63) is 11.3 Å². The Morgan fingerprint density at radius 1 is 1.58 bits per heavy atom. The molecule has 0 radical (unpaired) electrons. The standard InChI is InChI=1S/C7H9N3O2/c1-9-3-4-5(8)2-6(11)10-7(4)12/h3H,2,8H2,1H3,(H,10,11,12). The molecule has 1 aliphatic heterocycles. The van der Waals surface area contributed by atoms with E-state index in [9.17, 15) is 9.59 Å². The Morgan fingerprint density at radius 2 is 2.25 bits per heavy atom. The smallest absolute Gasteiger partial charge is 0.261 e. The second-order valence-electron chi connectivity index (χ2n) is 2.38. The van der Waals surface area contributed by atoms with Crippen LogP contribution in [0.2, 0.25) is 0 Å². The van der Waals surface area contributed by atoms with E-state index in [1.807, 2.05) is 0 Å². The molecule has 1 rings (SSSR count). The zero-order chi connectivity index (χ0) is 9.14. The minimum absolute atomic E-state index is 0.0626. The van der Waals surface area contributed by atoms with Crippen molar-refractivity contribution in [1.82, 2.24) is 5.32 Å². The van der Waals surface area contributed by atoms with Crippen molar-refractivity contribution in [2.24, 2.45) is 10.7 Å². The predicted octanol–water partition coefficient (Wildman–Crippen LogP) is -1.05. The number of hydrogen-bond acceptors (Lipinski definition) is 4. The first-order chi connectivity index (χ1) is 5.65. The van der Waals surface area contributed by atoms with Gasteiger partial charge >= 0.3 is 0 Å². The zero-order valence-electron chi connectivity index (χ0n) is 6.63. The van der Waals surface area contributed by atoms with E-state index in [4.69, 9.17) is 5.73 Å². The van der Waals surface area contributed by atoms with Gasteiger partial charge in [-0.15, -0.1) is 0 Å². The number of carbonyl (C=O) groups excluding carboxylic acids is 2. The molecule has 0 saturated carbocycles. The van der Waals surface area contributed by atoms with E-state index in [1.165, 1.54) is 13.3 Å². The van der Waals surface area contributed by atoms with E-state index < -0.39 is 5.91 Å². The average molecular weight is 167 g/mol. The van der Waals surface area contributed by atoms with Gasteiger partial charge in [-0.1, -0.05) is 0 Å². The molecular formula is C7H9N3O2. The van der Waals surface area contributed by atoms with Crippen molar-refractivity contribution in [2.75, 3.05) is 7.05 Å². The number of rotatable bonds is 1. The van der Waals surface area contributed by atoms with Gasteiger partial charge in [0.05, 0.1) is 12.0 Å². The van der Waals surface area contributed by atoms with Crippen molar-refractivity contribution in [3.63, 3.8) is 0 Å². The molecule has 5 nitrogen and oxygen atoms in total. The maximum absolute atomic E-state index is 11.0. The summed E-state index contributed by atoms with van der Waals surface area (Å²) in [4.78, 5) is 25.4. The van der Waals surface area contributed by atoms with Crippen LogP contribution < -0.4 is 11.1 Å². The number of nitrogens with one attached hydrogen (secondary N) is 1. The van der Waals surface area contributed by atoms with Crippen LogP contribution in [0.4, 0.5) is 0 Å². The molecule has 2 amide bonds. The lowest BCUT2D eigenvalue weighted by molar-refractivity contribution is -0.128. The van der Waals surface area contributed by atoms with Gasteiger partial charge in [-0.05, 0) is 0 Å². The Bertz CT molecular complexity index is 291. The molecule has 0 fully saturated rings. The van der Waals surface area contributed by atoms with E-state index in [0.29, 0.717) is 0 Å². The van der Waals surface area contributed by atoms with Crippen LogP contribution in [0.1, 0.15) is 6.42 Å². The monoisotopic (exact) mass is 167 g/mol. The van der Waals surface area contributed by atoms with Crippen molar-refractivity contribution < 1.29 is 9.59 Å². The van der Waals surface area contributed by atoms with E-state index in [1.54, 1.807) is 0 Å². The zero-order valence-corrected chi connectivity index (χ0v) is 6.63. The van der Waals surface area contributed by atoms with E-state index in [0.717, 1.165) is 0 Å². The highest BCUT2D eigenvalue weighted by molar-refractivity contribution is 6.19. The van der Waals surface area contributed by atoms with Crippen LogP contribution in [0, 0.1) is 0 Å². The van der Waals surface area contributed by atoms with Crippen molar-refractivity contribution in [1.29, 1.82) is 0 Å². The fourth-order valence-corrected chi connectivity index (χ4v) is 0.923. The van der Waals surface area contributed by atoms with Crippen LogP contribution in [0.5, 0.6) is 0 Å². The molecule has 0 aromatic heterocycles. The third-order valence-corrected chi connectivity index (χ3v) is 1.45. The van der Waals surface area contributed by atoms with Gasteiger partial charge < -0.3 is 5.73 Å². The van der Waals surface area contributed by atoms with E-state index in [2.05, 4.69) is 10.3 Å². The summed E-state index contributed by atoms with van der Waals surface area (Å²) in [5, 5.41) is 2.14.